The van der Waals surface area contributed by atoms with Crippen molar-refractivity contribution in [1.82, 2.24) is 9.88 Å². The van der Waals surface area contributed by atoms with Gasteiger partial charge in [-0.1, -0.05) is 24.3 Å². The highest BCUT2D eigenvalue weighted by Crippen LogP contribution is 2.34. The van der Waals surface area contributed by atoms with Crippen LogP contribution in [-0.2, 0) is 6.42 Å². The lowest BCUT2D eigenvalue weighted by molar-refractivity contribution is 0.168. The number of aryl methyl sites for hydroxylation is 1. The lowest BCUT2D eigenvalue weighted by Gasteiger charge is -2.41. The van der Waals surface area contributed by atoms with E-state index in [9.17, 15) is 0 Å². The van der Waals surface area contributed by atoms with Gasteiger partial charge in [0.15, 0.2) is 0 Å². The summed E-state index contributed by atoms with van der Waals surface area (Å²) in [5, 5.41) is 9.06. The molecule has 1 fully saturated rings. The van der Waals surface area contributed by atoms with E-state index in [1.54, 1.807) is 12.3 Å². The summed E-state index contributed by atoms with van der Waals surface area (Å²) in [6.45, 7) is 4.05. The SMILES string of the molecule is N#Cc1ccnc(N2CCN([C@H]3CCCc4ccccc43)CC2)c1. The Hall–Kier alpha value is -2.38. The van der Waals surface area contributed by atoms with Gasteiger partial charge in [0.1, 0.15) is 5.82 Å². The van der Waals surface area contributed by atoms with Crippen LogP contribution in [0.1, 0.15) is 35.6 Å². The van der Waals surface area contributed by atoms with Crippen molar-refractivity contribution in [2.75, 3.05) is 31.1 Å². The van der Waals surface area contributed by atoms with Gasteiger partial charge in [-0.15, -0.1) is 0 Å². The highest BCUT2D eigenvalue weighted by Gasteiger charge is 2.28. The van der Waals surface area contributed by atoms with Gasteiger partial charge in [0, 0.05) is 38.4 Å². The van der Waals surface area contributed by atoms with Crippen LogP contribution in [0.25, 0.3) is 0 Å². The summed E-state index contributed by atoms with van der Waals surface area (Å²) in [5.74, 6) is 0.928. The standard InChI is InChI=1S/C20H22N4/c21-15-16-8-9-22-20(14-16)24-12-10-23(11-13-24)19-7-3-5-17-4-1-2-6-18(17)19/h1-2,4,6,8-9,14,19H,3,5,7,10-13H2/t19-/m0/s1. The summed E-state index contributed by atoms with van der Waals surface area (Å²) >= 11 is 0. The van der Waals surface area contributed by atoms with Gasteiger partial charge in [0.05, 0.1) is 11.6 Å². The molecule has 0 saturated carbocycles. The minimum atomic E-state index is 0.565. The van der Waals surface area contributed by atoms with Crippen LogP contribution >= 0.6 is 0 Å². The highest BCUT2D eigenvalue weighted by atomic mass is 15.3. The van der Waals surface area contributed by atoms with Gasteiger partial charge in [-0.25, -0.2) is 4.98 Å². The predicted octanol–water partition coefficient (Wildman–Crippen LogP) is 3.15. The number of rotatable bonds is 2. The summed E-state index contributed by atoms with van der Waals surface area (Å²) < 4.78 is 0. The molecule has 24 heavy (non-hydrogen) atoms. The number of piperazine rings is 1. The van der Waals surface area contributed by atoms with Gasteiger partial charge in [0.2, 0.25) is 0 Å². The molecule has 4 heteroatoms. The van der Waals surface area contributed by atoms with Crippen LogP contribution < -0.4 is 4.90 Å². The van der Waals surface area contributed by atoms with Gasteiger partial charge in [-0.05, 0) is 42.5 Å². The van der Waals surface area contributed by atoms with Crippen molar-refractivity contribution in [2.45, 2.75) is 25.3 Å². The Morgan fingerprint density at radius 2 is 1.92 bits per heavy atom. The monoisotopic (exact) mass is 318 g/mol. The molecule has 2 aliphatic rings. The fourth-order valence-corrected chi connectivity index (χ4v) is 4.03. The minimum Gasteiger partial charge on any atom is -0.354 e. The third-order valence-corrected chi connectivity index (χ3v) is 5.29. The fourth-order valence-electron chi connectivity index (χ4n) is 4.03. The Morgan fingerprint density at radius 1 is 1.08 bits per heavy atom. The number of hydrogen-bond acceptors (Lipinski definition) is 4. The van der Waals surface area contributed by atoms with E-state index in [1.165, 1.54) is 30.4 Å². The highest BCUT2D eigenvalue weighted by molar-refractivity contribution is 5.45. The maximum atomic E-state index is 9.06. The lowest BCUT2D eigenvalue weighted by Crippen LogP contribution is -2.48. The summed E-state index contributed by atoms with van der Waals surface area (Å²) in [7, 11) is 0. The maximum absolute atomic E-state index is 9.06. The van der Waals surface area contributed by atoms with E-state index in [2.05, 4.69) is 45.1 Å². The first-order chi connectivity index (χ1) is 11.8. The van der Waals surface area contributed by atoms with Crippen molar-refractivity contribution in [3.05, 3.63) is 59.3 Å². The lowest BCUT2D eigenvalue weighted by atomic mass is 9.86. The second-order valence-corrected chi connectivity index (χ2v) is 6.64. The van der Waals surface area contributed by atoms with Crippen LogP contribution in [0, 0.1) is 11.3 Å². The second kappa shape index (κ2) is 6.62. The third-order valence-electron chi connectivity index (χ3n) is 5.29. The normalized spacial score (nSPS) is 21.1. The van der Waals surface area contributed by atoms with Gasteiger partial charge in [0.25, 0.3) is 0 Å². The van der Waals surface area contributed by atoms with Crippen LogP contribution in [0.5, 0.6) is 0 Å². The van der Waals surface area contributed by atoms with Crippen molar-refractivity contribution in [2.24, 2.45) is 0 Å². The summed E-state index contributed by atoms with van der Waals surface area (Å²) in [6.07, 6.45) is 5.50. The van der Waals surface area contributed by atoms with Crippen LogP contribution in [0.4, 0.5) is 5.82 Å². The van der Waals surface area contributed by atoms with Crippen molar-refractivity contribution < 1.29 is 0 Å². The molecule has 1 aromatic heterocycles. The Bertz CT molecular complexity index is 756. The van der Waals surface area contributed by atoms with Crippen molar-refractivity contribution in [1.29, 1.82) is 5.26 Å². The first-order valence-corrected chi connectivity index (χ1v) is 8.78. The molecule has 1 aromatic carbocycles. The number of hydrogen-bond donors (Lipinski definition) is 0. The summed E-state index contributed by atoms with van der Waals surface area (Å²) in [6, 6.07) is 15.3. The average molecular weight is 318 g/mol. The zero-order valence-corrected chi connectivity index (χ0v) is 13.9. The van der Waals surface area contributed by atoms with Gasteiger partial charge in [-0.3, -0.25) is 4.90 Å². The summed E-state index contributed by atoms with van der Waals surface area (Å²) in [5.41, 5.74) is 3.74. The molecule has 2 heterocycles. The average Bonchev–Trinajstić information content (AvgIpc) is 2.68. The van der Waals surface area contributed by atoms with E-state index in [0.717, 1.165) is 32.0 Å². The van der Waals surface area contributed by atoms with E-state index in [1.807, 2.05) is 6.07 Å². The van der Waals surface area contributed by atoms with Gasteiger partial charge < -0.3 is 4.90 Å². The zero-order valence-electron chi connectivity index (χ0n) is 13.9. The quantitative estimate of drug-likeness (QED) is 0.853. The first-order valence-electron chi connectivity index (χ1n) is 8.78. The molecule has 2 aromatic rings. The second-order valence-electron chi connectivity index (χ2n) is 6.64. The van der Waals surface area contributed by atoms with E-state index in [-0.39, 0.29) is 0 Å². The number of pyridine rings is 1. The molecular weight excluding hydrogens is 296 g/mol. The molecule has 4 nitrogen and oxygen atoms in total. The molecule has 1 atom stereocenters. The maximum Gasteiger partial charge on any atom is 0.129 e. The molecule has 4 rings (SSSR count). The minimum absolute atomic E-state index is 0.565. The number of aromatic nitrogens is 1. The molecule has 0 spiro atoms. The molecule has 0 radical (unpaired) electrons. The molecule has 0 unspecified atom stereocenters. The smallest absolute Gasteiger partial charge is 0.129 e. The number of benzene rings is 1. The molecular formula is C20H22N4. The van der Waals surface area contributed by atoms with E-state index in [0.29, 0.717) is 11.6 Å². The number of nitriles is 1. The molecule has 1 saturated heterocycles. The van der Waals surface area contributed by atoms with Crippen molar-refractivity contribution in [3.8, 4) is 6.07 Å². The molecule has 1 aliphatic carbocycles. The number of nitrogens with zero attached hydrogens (tertiary/aromatic N) is 4. The topological polar surface area (TPSA) is 43.2 Å². The van der Waals surface area contributed by atoms with Crippen LogP contribution in [0.2, 0.25) is 0 Å². The van der Waals surface area contributed by atoms with E-state index >= 15 is 0 Å². The largest absolute Gasteiger partial charge is 0.354 e. The number of fused-ring (bicyclic) bond motifs is 1. The van der Waals surface area contributed by atoms with Crippen molar-refractivity contribution in [3.63, 3.8) is 0 Å². The molecule has 0 bridgehead atoms. The van der Waals surface area contributed by atoms with Crippen molar-refractivity contribution >= 4 is 5.82 Å². The number of anilines is 1. The molecule has 1 aliphatic heterocycles. The Morgan fingerprint density at radius 3 is 2.75 bits per heavy atom. The fraction of sp³-hybridized carbons (Fsp3) is 0.400. The zero-order chi connectivity index (χ0) is 16.4. The van der Waals surface area contributed by atoms with E-state index < -0.39 is 0 Å². The predicted molar refractivity (Wildman–Crippen MR) is 94.9 cm³/mol. The Balaban J connectivity index is 1.46. The van der Waals surface area contributed by atoms with Gasteiger partial charge in [-0.2, -0.15) is 5.26 Å². The van der Waals surface area contributed by atoms with E-state index in [4.69, 9.17) is 5.26 Å². The van der Waals surface area contributed by atoms with Crippen LogP contribution in [-0.4, -0.2) is 36.1 Å². The Labute approximate surface area is 143 Å². The Kier molecular flexibility index (Phi) is 4.18. The van der Waals surface area contributed by atoms with Crippen LogP contribution in [0.3, 0.4) is 0 Å². The third kappa shape index (κ3) is 2.88. The van der Waals surface area contributed by atoms with Gasteiger partial charge >= 0.3 is 0 Å². The molecule has 122 valence electrons. The summed E-state index contributed by atoms with van der Waals surface area (Å²) in [4.78, 5) is 9.37. The van der Waals surface area contributed by atoms with Crippen LogP contribution in [0.15, 0.2) is 42.6 Å². The molecule has 0 amide bonds. The molecule has 0 N–H and O–H groups in total. The first kappa shape index (κ1) is 15.2.